The van der Waals surface area contributed by atoms with Gasteiger partial charge in [0, 0.05) is 25.3 Å². The first-order valence-corrected chi connectivity index (χ1v) is 12.8. The van der Waals surface area contributed by atoms with Gasteiger partial charge in [-0.25, -0.2) is 14.5 Å². The molecule has 3 aromatic rings. The number of hydrogen-bond donors (Lipinski definition) is 1. The van der Waals surface area contributed by atoms with Crippen molar-refractivity contribution in [1.82, 2.24) is 20.1 Å². The second-order valence-corrected chi connectivity index (χ2v) is 9.61. The lowest BCUT2D eigenvalue weighted by Crippen LogP contribution is -2.36. The Kier molecular flexibility index (Phi) is 7.02. The third-order valence-electron chi connectivity index (χ3n) is 6.89. The molecule has 0 spiro atoms. The van der Waals surface area contributed by atoms with E-state index in [2.05, 4.69) is 48.3 Å². The number of nitrogens with one attached hydrogen (secondary N) is 1. The van der Waals surface area contributed by atoms with Crippen molar-refractivity contribution in [1.29, 1.82) is 0 Å². The molecular formula is C27H35N5O3. The number of carbonyl (C=O) groups is 1. The van der Waals surface area contributed by atoms with Crippen molar-refractivity contribution < 1.29 is 14.3 Å². The van der Waals surface area contributed by atoms with Crippen LogP contribution in [-0.4, -0.2) is 66.7 Å². The Morgan fingerprint density at radius 1 is 1.23 bits per heavy atom. The van der Waals surface area contributed by atoms with Gasteiger partial charge in [-0.3, -0.25) is 0 Å². The van der Waals surface area contributed by atoms with Crippen LogP contribution in [0.5, 0.6) is 0 Å². The van der Waals surface area contributed by atoms with Gasteiger partial charge < -0.3 is 19.7 Å². The van der Waals surface area contributed by atoms with Crippen LogP contribution < -0.4 is 10.2 Å². The van der Waals surface area contributed by atoms with Crippen molar-refractivity contribution in [3.63, 3.8) is 0 Å². The van der Waals surface area contributed by atoms with Gasteiger partial charge in [0.05, 0.1) is 36.9 Å². The fraction of sp³-hybridized carbons (Fsp3) is 0.519. The smallest absolute Gasteiger partial charge is 0.357 e. The highest BCUT2D eigenvalue weighted by Gasteiger charge is 2.26. The molecule has 2 saturated heterocycles. The summed E-state index contributed by atoms with van der Waals surface area (Å²) >= 11 is 0. The Morgan fingerprint density at radius 2 is 2.00 bits per heavy atom. The summed E-state index contributed by atoms with van der Waals surface area (Å²) in [7, 11) is 0. The molecule has 8 nitrogen and oxygen atoms in total. The molecule has 0 amide bonds. The number of piperidine rings is 1. The van der Waals surface area contributed by atoms with E-state index in [4.69, 9.17) is 19.6 Å². The standard InChI is InChI=1S/C27H35N5O3/c1-4-35-27(33)23-16-22(19-7-9-20(10-8-19)31-12-14-34-15-13-31)24-25(18(2)3)30-32(26(24)29-23)21-6-5-11-28-17-21/h7-10,16,18,21,28H,4-6,11-15,17H2,1-3H3. The molecule has 8 heteroatoms. The maximum atomic E-state index is 12.8. The summed E-state index contributed by atoms with van der Waals surface area (Å²) in [6.45, 7) is 11.6. The predicted molar refractivity (Wildman–Crippen MR) is 137 cm³/mol. The minimum atomic E-state index is -0.402. The number of fused-ring (bicyclic) bond motifs is 1. The van der Waals surface area contributed by atoms with E-state index in [1.165, 1.54) is 5.69 Å². The normalized spacial score (nSPS) is 18.9. The number of benzene rings is 1. The molecule has 4 heterocycles. The summed E-state index contributed by atoms with van der Waals surface area (Å²) in [5.41, 5.74) is 5.31. The van der Waals surface area contributed by atoms with Gasteiger partial charge in [-0.15, -0.1) is 0 Å². The van der Waals surface area contributed by atoms with Crippen LogP contribution in [0.4, 0.5) is 5.69 Å². The number of aromatic nitrogens is 3. The van der Waals surface area contributed by atoms with Crippen molar-refractivity contribution in [2.24, 2.45) is 0 Å². The van der Waals surface area contributed by atoms with E-state index >= 15 is 0 Å². The quantitative estimate of drug-likeness (QED) is 0.534. The van der Waals surface area contributed by atoms with Crippen molar-refractivity contribution in [2.75, 3.05) is 50.9 Å². The third kappa shape index (κ3) is 4.77. The summed E-state index contributed by atoms with van der Waals surface area (Å²) in [6.07, 6.45) is 2.13. The molecule has 0 saturated carbocycles. The summed E-state index contributed by atoms with van der Waals surface area (Å²) in [6, 6.07) is 10.7. The van der Waals surface area contributed by atoms with E-state index in [0.717, 1.165) is 80.1 Å². The highest BCUT2D eigenvalue weighted by molar-refractivity contribution is 6.00. The molecule has 1 atom stereocenters. The summed E-state index contributed by atoms with van der Waals surface area (Å²) in [5.74, 6) is -0.182. The average molecular weight is 478 g/mol. The maximum absolute atomic E-state index is 12.8. The number of ether oxygens (including phenoxy) is 2. The Balaban J connectivity index is 1.66. The molecule has 2 aliphatic rings. The van der Waals surface area contributed by atoms with Crippen molar-refractivity contribution in [3.05, 3.63) is 41.7 Å². The van der Waals surface area contributed by atoms with E-state index in [9.17, 15) is 4.79 Å². The van der Waals surface area contributed by atoms with Crippen LogP contribution in [0.25, 0.3) is 22.2 Å². The van der Waals surface area contributed by atoms with Crippen LogP contribution in [0.1, 0.15) is 61.8 Å². The van der Waals surface area contributed by atoms with Crippen molar-refractivity contribution in [3.8, 4) is 11.1 Å². The number of morpholine rings is 1. The minimum Gasteiger partial charge on any atom is -0.461 e. The van der Waals surface area contributed by atoms with Crippen LogP contribution in [-0.2, 0) is 9.47 Å². The SMILES string of the molecule is CCOC(=O)c1cc(-c2ccc(N3CCOCC3)cc2)c2c(C(C)C)nn(C3CCCNC3)c2n1. The Morgan fingerprint density at radius 3 is 2.66 bits per heavy atom. The van der Waals surface area contributed by atoms with Crippen LogP contribution in [0.3, 0.4) is 0 Å². The van der Waals surface area contributed by atoms with E-state index in [1.54, 1.807) is 0 Å². The van der Waals surface area contributed by atoms with E-state index in [-0.39, 0.29) is 12.0 Å². The molecule has 0 radical (unpaired) electrons. The zero-order valence-corrected chi connectivity index (χ0v) is 20.9. The summed E-state index contributed by atoms with van der Waals surface area (Å²) in [5, 5.41) is 9.59. The number of hydrogen-bond acceptors (Lipinski definition) is 7. The van der Waals surface area contributed by atoms with Crippen LogP contribution >= 0.6 is 0 Å². The van der Waals surface area contributed by atoms with Gasteiger partial charge in [-0.05, 0) is 61.6 Å². The second kappa shape index (κ2) is 10.3. The van der Waals surface area contributed by atoms with Crippen molar-refractivity contribution >= 4 is 22.7 Å². The molecule has 35 heavy (non-hydrogen) atoms. The first kappa shape index (κ1) is 23.8. The molecule has 5 rings (SSSR count). The highest BCUT2D eigenvalue weighted by Crippen LogP contribution is 2.37. The minimum absolute atomic E-state index is 0.209. The lowest BCUT2D eigenvalue weighted by molar-refractivity contribution is 0.0520. The molecular weight excluding hydrogens is 442 g/mol. The average Bonchev–Trinajstić information content (AvgIpc) is 3.29. The number of nitrogens with zero attached hydrogens (tertiary/aromatic N) is 4. The molecule has 2 aromatic heterocycles. The van der Waals surface area contributed by atoms with Crippen molar-refractivity contribution in [2.45, 2.75) is 45.6 Å². The Labute approximate surface area is 206 Å². The molecule has 1 aromatic carbocycles. The largest absolute Gasteiger partial charge is 0.461 e. The predicted octanol–water partition coefficient (Wildman–Crippen LogP) is 4.16. The molecule has 1 N–H and O–H groups in total. The number of carbonyl (C=O) groups excluding carboxylic acids is 1. The van der Waals surface area contributed by atoms with E-state index in [1.807, 2.05) is 17.7 Å². The van der Waals surface area contributed by atoms with Gasteiger partial charge in [0.25, 0.3) is 0 Å². The number of pyridine rings is 1. The van der Waals surface area contributed by atoms with Gasteiger partial charge in [0.2, 0.25) is 0 Å². The van der Waals surface area contributed by atoms with Gasteiger partial charge in [-0.2, -0.15) is 5.10 Å². The first-order valence-electron chi connectivity index (χ1n) is 12.8. The molecule has 1 unspecified atom stereocenters. The Hall–Kier alpha value is -2.97. The maximum Gasteiger partial charge on any atom is 0.357 e. The third-order valence-corrected chi connectivity index (χ3v) is 6.89. The summed E-state index contributed by atoms with van der Waals surface area (Å²) in [4.78, 5) is 20.0. The lowest BCUT2D eigenvalue weighted by Gasteiger charge is -2.29. The molecule has 0 bridgehead atoms. The fourth-order valence-corrected chi connectivity index (χ4v) is 5.07. The van der Waals surface area contributed by atoms with Gasteiger partial charge in [-0.1, -0.05) is 26.0 Å². The van der Waals surface area contributed by atoms with Gasteiger partial charge >= 0.3 is 5.97 Å². The zero-order chi connectivity index (χ0) is 24.4. The van der Waals surface area contributed by atoms with E-state index in [0.29, 0.717) is 12.3 Å². The lowest BCUT2D eigenvalue weighted by atomic mass is 9.97. The van der Waals surface area contributed by atoms with Gasteiger partial charge in [0.1, 0.15) is 0 Å². The summed E-state index contributed by atoms with van der Waals surface area (Å²) < 4.78 is 12.9. The topological polar surface area (TPSA) is 81.5 Å². The van der Waals surface area contributed by atoms with Gasteiger partial charge in [0.15, 0.2) is 11.3 Å². The van der Waals surface area contributed by atoms with E-state index < -0.39 is 5.97 Å². The van der Waals surface area contributed by atoms with Crippen LogP contribution in [0, 0.1) is 0 Å². The Bertz CT molecular complexity index is 1180. The first-order chi connectivity index (χ1) is 17.1. The molecule has 186 valence electrons. The number of esters is 1. The number of anilines is 1. The molecule has 2 aliphatic heterocycles. The zero-order valence-electron chi connectivity index (χ0n) is 20.9. The molecule has 2 fully saturated rings. The fourth-order valence-electron chi connectivity index (χ4n) is 5.07. The van der Waals surface area contributed by atoms with Crippen LogP contribution in [0.2, 0.25) is 0 Å². The number of rotatable bonds is 6. The monoisotopic (exact) mass is 477 g/mol. The second-order valence-electron chi connectivity index (χ2n) is 9.61. The highest BCUT2D eigenvalue weighted by atomic mass is 16.5. The van der Waals surface area contributed by atoms with Crippen LogP contribution in [0.15, 0.2) is 30.3 Å². The molecule has 0 aliphatic carbocycles.